The first-order chi connectivity index (χ1) is 10.2. The lowest BCUT2D eigenvalue weighted by Crippen LogP contribution is -2.39. The number of hydrogen-bond donors (Lipinski definition) is 1. The second kappa shape index (κ2) is 9.21. The zero-order valence-electron chi connectivity index (χ0n) is 16.8. The van der Waals surface area contributed by atoms with Crippen molar-refractivity contribution in [1.82, 2.24) is 0 Å². The van der Waals surface area contributed by atoms with Gasteiger partial charge in [-0.25, -0.2) is 0 Å². The van der Waals surface area contributed by atoms with Gasteiger partial charge in [0.1, 0.15) is 0 Å². The fourth-order valence-corrected chi connectivity index (χ4v) is 5.16. The summed E-state index contributed by atoms with van der Waals surface area (Å²) >= 11 is 3.64. The molecule has 138 valence electrons. The van der Waals surface area contributed by atoms with Crippen molar-refractivity contribution in [2.24, 2.45) is 0 Å². The van der Waals surface area contributed by atoms with Gasteiger partial charge in [-0.2, -0.15) is 0 Å². The summed E-state index contributed by atoms with van der Waals surface area (Å²) in [5.41, 5.74) is 1.28. The van der Waals surface area contributed by atoms with E-state index in [1.54, 1.807) is 0 Å². The van der Waals surface area contributed by atoms with Crippen LogP contribution in [0.4, 0.5) is 0 Å². The largest absolute Gasteiger partial charge is 0.549 e. The highest BCUT2D eigenvalue weighted by Crippen LogP contribution is 2.37. The van der Waals surface area contributed by atoms with Crippen molar-refractivity contribution in [3.63, 3.8) is 0 Å². The average molecular weight is 424 g/mol. The highest BCUT2D eigenvalue weighted by Gasteiger charge is 2.38. The average Bonchev–Trinajstić information content (AvgIpc) is 2.33. The van der Waals surface area contributed by atoms with Crippen molar-refractivity contribution in [3.05, 3.63) is 11.8 Å². The van der Waals surface area contributed by atoms with E-state index in [2.05, 4.69) is 76.4 Å². The minimum atomic E-state index is -1.79. The van der Waals surface area contributed by atoms with E-state index < -0.39 is 16.4 Å². The maximum absolute atomic E-state index is 10.5. The summed E-state index contributed by atoms with van der Waals surface area (Å²) < 4.78 is 6.32. The molecule has 0 aliphatic rings. The molecular weight excluding hydrogens is 384 g/mol. The lowest BCUT2D eigenvalue weighted by atomic mass is 10.1. The molecule has 0 aromatic rings. The van der Waals surface area contributed by atoms with Gasteiger partial charge in [0.15, 0.2) is 0 Å². The van der Waals surface area contributed by atoms with Crippen LogP contribution in [0.25, 0.3) is 0 Å². The van der Waals surface area contributed by atoms with Crippen LogP contribution in [0.2, 0.25) is 43.8 Å². The molecule has 0 heterocycles. The van der Waals surface area contributed by atoms with Crippen LogP contribution in [0.3, 0.4) is 0 Å². The first-order valence-electron chi connectivity index (χ1n) is 8.87. The first kappa shape index (κ1) is 23.4. The smallest absolute Gasteiger partial charge is 0.249 e. The number of aliphatic hydroxyl groups excluding tert-OH is 1. The maximum atomic E-state index is 10.5. The van der Waals surface area contributed by atoms with Gasteiger partial charge in [0, 0.05) is 12.9 Å². The predicted octanol–water partition coefficient (Wildman–Crippen LogP) is 6.54. The monoisotopic (exact) mass is 422 g/mol. The van der Waals surface area contributed by atoms with E-state index in [0.29, 0.717) is 0 Å². The molecule has 0 rings (SSSR count). The quantitative estimate of drug-likeness (QED) is 0.259. The van der Waals surface area contributed by atoms with Crippen molar-refractivity contribution in [2.75, 3.05) is 0 Å². The standard InChI is InChI=1S/C18H39BrO2Si2/c1-10-11-16(19)17(20)12-15(14-22(5,6)7)13-21-23(8,9)18(2,3)4/h13,16-17,20H,10-12,14H2,1-9H3/b15-13-/t16-,17+/m0/s1. The second-order valence-electron chi connectivity index (χ2n) is 9.47. The molecule has 0 saturated heterocycles. The summed E-state index contributed by atoms with van der Waals surface area (Å²) in [5.74, 6) is 0. The lowest BCUT2D eigenvalue weighted by molar-refractivity contribution is 0.169. The number of halogens is 1. The number of rotatable bonds is 9. The molecule has 0 fully saturated rings. The summed E-state index contributed by atoms with van der Waals surface area (Å²) in [6, 6.07) is 1.09. The third-order valence-electron chi connectivity index (χ3n) is 4.54. The van der Waals surface area contributed by atoms with Gasteiger partial charge >= 0.3 is 0 Å². The van der Waals surface area contributed by atoms with Crippen molar-refractivity contribution in [3.8, 4) is 0 Å². The molecule has 0 aliphatic carbocycles. The van der Waals surface area contributed by atoms with Gasteiger partial charge in [-0.15, -0.1) is 0 Å². The summed E-state index contributed by atoms with van der Waals surface area (Å²) in [7, 11) is -3.03. The zero-order valence-corrected chi connectivity index (χ0v) is 20.4. The van der Waals surface area contributed by atoms with Crippen molar-refractivity contribution in [1.29, 1.82) is 0 Å². The molecule has 2 atom stereocenters. The Morgan fingerprint density at radius 3 is 2.09 bits per heavy atom. The normalized spacial score (nSPS) is 17.1. The second-order valence-corrected chi connectivity index (χ2v) is 20.9. The minimum Gasteiger partial charge on any atom is -0.549 e. The van der Waals surface area contributed by atoms with Gasteiger partial charge in [0.2, 0.25) is 8.32 Å². The van der Waals surface area contributed by atoms with Crippen LogP contribution in [0.1, 0.15) is 47.0 Å². The summed E-state index contributed by atoms with van der Waals surface area (Å²) in [6.45, 7) is 20.6. The van der Waals surface area contributed by atoms with E-state index in [9.17, 15) is 5.11 Å². The Balaban J connectivity index is 5.12. The fraction of sp³-hybridized carbons (Fsp3) is 0.889. The Labute approximate surface area is 155 Å². The number of hydrogen-bond acceptors (Lipinski definition) is 2. The van der Waals surface area contributed by atoms with Gasteiger partial charge < -0.3 is 9.53 Å². The Morgan fingerprint density at radius 2 is 1.70 bits per heavy atom. The number of alkyl halides is 1. The first-order valence-corrected chi connectivity index (χ1v) is 16.4. The van der Waals surface area contributed by atoms with Gasteiger partial charge in [-0.1, -0.05) is 69.7 Å². The van der Waals surface area contributed by atoms with Gasteiger partial charge in [-0.3, -0.25) is 0 Å². The molecule has 0 bridgehead atoms. The molecule has 2 nitrogen and oxygen atoms in total. The van der Waals surface area contributed by atoms with E-state index in [1.807, 2.05) is 6.26 Å². The van der Waals surface area contributed by atoms with Crippen LogP contribution >= 0.6 is 15.9 Å². The third-order valence-corrected chi connectivity index (χ3v) is 11.4. The van der Waals surface area contributed by atoms with Crippen molar-refractivity contribution in [2.45, 2.75) is 102 Å². The van der Waals surface area contributed by atoms with Gasteiger partial charge in [0.05, 0.1) is 12.4 Å². The Kier molecular flexibility index (Phi) is 9.37. The lowest BCUT2D eigenvalue weighted by Gasteiger charge is -2.35. The molecule has 0 amide bonds. The van der Waals surface area contributed by atoms with Gasteiger partial charge in [0.25, 0.3) is 0 Å². The molecule has 23 heavy (non-hydrogen) atoms. The SMILES string of the molecule is CCC[C@H](Br)[C@H](O)C/C(=C/O[Si](C)(C)C(C)(C)C)C[Si](C)(C)C. The minimum absolute atomic E-state index is 0.172. The number of aliphatic hydroxyl groups is 1. The Hall–Kier alpha value is 0.414. The van der Waals surface area contributed by atoms with E-state index >= 15 is 0 Å². The molecule has 1 N–H and O–H groups in total. The molecule has 0 spiro atoms. The van der Waals surface area contributed by atoms with Crippen LogP contribution in [0.5, 0.6) is 0 Å². The van der Waals surface area contributed by atoms with E-state index in [4.69, 9.17) is 4.43 Å². The Bertz CT molecular complexity index is 381. The fourth-order valence-electron chi connectivity index (χ4n) is 2.12. The van der Waals surface area contributed by atoms with Crippen LogP contribution in [-0.2, 0) is 4.43 Å². The highest BCUT2D eigenvalue weighted by molar-refractivity contribution is 9.09. The molecule has 0 aromatic carbocycles. The van der Waals surface area contributed by atoms with Crippen LogP contribution in [0.15, 0.2) is 11.8 Å². The maximum Gasteiger partial charge on any atom is 0.249 e. The summed E-state index contributed by atoms with van der Waals surface area (Å²) in [6.07, 6.45) is 4.48. The van der Waals surface area contributed by atoms with Crippen molar-refractivity contribution >= 4 is 32.3 Å². The zero-order chi connectivity index (χ0) is 18.5. The van der Waals surface area contributed by atoms with Crippen LogP contribution in [0, 0.1) is 0 Å². The third kappa shape index (κ3) is 9.47. The van der Waals surface area contributed by atoms with E-state index in [1.165, 1.54) is 5.57 Å². The summed E-state index contributed by atoms with van der Waals surface area (Å²) in [4.78, 5) is 0.172. The van der Waals surface area contributed by atoms with Gasteiger partial charge in [-0.05, 0) is 42.6 Å². The molecule has 5 heteroatoms. The molecule has 0 saturated carbocycles. The predicted molar refractivity (Wildman–Crippen MR) is 113 cm³/mol. The van der Waals surface area contributed by atoms with E-state index in [-0.39, 0.29) is 16.0 Å². The van der Waals surface area contributed by atoms with Crippen LogP contribution < -0.4 is 0 Å². The summed E-state index contributed by atoms with van der Waals surface area (Å²) in [5, 5.41) is 10.7. The highest BCUT2D eigenvalue weighted by atomic mass is 79.9. The molecule has 0 aliphatic heterocycles. The van der Waals surface area contributed by atoms with Crippen LogP contribution in [-0.4, -0.2) is 32.4 Å². The molecule has 0 unspecified atom stereocenters. The Morgan fingerprint density at radius 1 is 1.17 bits per heavy atom. The topological polar surface area (TPSA) is 29.5 Å². The van der Waals surface area contributed by atoms with Crippen molar-refractivity contribution < 1.29 is 9.53 Å². The molecule has 0 aromatic heterocycles. The molecular formula is C18H39BrO2Si2. The van der Waals surface area contributed by atoms with E-state index in [0.717, 1.165) is 25.3 Å². The molecule has 0 radical (unpaired) electrons.